The molecule has 1 aromatic carbocycles. The molecule has 2 N–H and O–H groups in total. The number of carbonyl (C=O) groups is 1. The smallest absolute Gasteiger partial charge is 0.291 e. The normalized spacial score (nSPS) is 15.2. The molecule has 4 heterocycles. The lowest BCUT2D eigenvalue weighted by Crippen LogP contribution is -2.24. The Morgan fingerprint density at radius 2 is 2.21 bits per heavy atom. The first-order chi connectivity index (χ1) is 14.2. The van der Waals surface area contributed by atoms with Gasteiger partial charge in [0.25, 0.3) is 11.7 Å². The number of amides is 1. The lowest BCUT2D eigenvalue weighted by Gasteiger charge is -2.21. The fraction of sp³-hybridized carbons (Fsp3) is 0.333. The summed E-state index contributed by atoms with van der Waals surface area (Å²) in [5, 5.41) is 8.26. The molecule has 1 fully saturated rings. The number of aryl methyl sites for hydroxylation is 1. The van der Waals surface area contributed by atoms with Crippen LogP contribution in [0, 0.1) is 6.92 Å². The maximum atomic E-state index is 12.4. The Hall–Kier alpha value is -3.26. The van der Waals surface area contributed by atoms with Crippen LogP contribution >= 0.6 is 0 Å². The average Bonchev–Trinajstić information content (AvgIpc) is 3.34. The molecule has 0 saturated carbocycles. The molecule has 0 unspecified atom stereocenters. The molecule has 5 rings (SSSR count). The Labute approximate surface area is 167 Å². The van der Waals surface area contributed by atoms with Crippen LogP contribution in [0.25, 0.3) is 16.7 Å². The Morgan fingerprint density at radius 3 is 3.03 bits per heavy atom. The number of carbonyl (C=O) groups excluding carboxylic acids is 1. The van der Waals surface area contributed by atoms with Crippen LogP contribution in [-0.2, 0) is 11.3 Å². The number of H-pyrrole nitrogens is 1. The SMILES string of the molecule is Cc1c(C2CCOCC2)[nH]c2ccc(CNC(=O)c3nc4ncccn4n3)cc12. The van der Waals surface area contributed by atoms with E-state index in [0.29, 0.717) is 18.2 Å². The predicted molar refractivity (Wildman–Crippen MR) is 108 cm³/mol. The summed E-state index contributed by atoms with van der Waals surface area (Å²) in [6, 6.07) is 8.00. The Morgan fingerprint density at radius 1 is 1.34 bits per heavy atom. The van der Waals surface area contributed by atoms with Gasteiger partial charge in [-0.1, -0.05) is 6.07 Å². The van der Waals surface area contributed by atoms with Crippen LogP contribution in [0.4, 0.5) is 0 Å². The molecule has 4 aromatic rings. The maximum Gasteiger partial charge on any atom is 0.291 e. The first kappa shape index (κ1) is 17.8. The standard InChI is InChI=1S/C21H22N6O2/c1-13-16-11-14(3-4-17(16)24-18(13)15-5-9-29-10-6-15)12-23-20(28)19-25-21-22-7-2-8-27(21)26-19/h2-4,7-8,11,15,24H,5-6,9-10,12H2,1H3,(H,23,28). The largest absolute Gasteiger partial charge is 0.381 e. The first-order valence-corrected chi connectivity index (χ1v) is 9.83. The van der Waals surface area contributed by atoms with E-state index in [1.165, 1.54) is 21.2 Å². The van der Waals surface area contributed by atoms with Gasteiger partial charge in [-0.2, -0.15) is 4.98 Å². The van der Waals surface area contributed by atoms with E-state index in [-0.39, 0.29) is 11.7 Å². The molecule has 1 saturated heterocycles. The number of fused-ring (bicyclic) bond motifs is 2. The van der Waals surface area contributed by atoms with Crippen LogP contribution in [0.5, 0.6) is 0 Å². The molecule has 1 aliphatic heterocycles. The van der Waals surface area contributed by atoms with Crippen molar-refractivity contribution in [3.05, 3.63) is 59.3 Å². The predicted octanol–water partition coefficient (Wildman–Crippen LogP) is 2.74. The molecule has 3 aromatic heterocycles. The molecule has 0 atom stereocenters. The van der Waals surface area contributed by atoms with Crippen LogP contribution in [0.1, 0.15) is 46.2 Å². The third-order valence-corrected chi connectivity index (χ3v) is 5.56. The van der Waals surface area contributed by atoms with Gasteiger partial charge in [-0.25, -0.2) is 9.50 Å². The number of nitrogens with one attached hydrogen (secondary N) is 2. The van der Waals surface area contributed by atoms with Crippen molar-refractivity contribution in [3.63, 3.8) is 0 Å². The summed E-state index contributed by atoms with van der Waals surface area (Å²) in [5.74, 6) is 0.727. The number of rotatable bonds is 4. The lowest BCUT2D eigenvalue weighted by molar-refractivity contribution is 0.0845. The van der Waals surface area contributed by atoms with E-state index >= 15 is 0 Å². The van der Waals surface area contributed by atoms with Gasteiger partial charge in [0.05, 0.1) is 0 Å². The Bertz CT molecular complexity index is 1160. The van der Waals surface area contributed by atoms with E-state index in [1.54, 1.807) is 18.5 Å². The highest BCUT2D eigenvalue weighted by molar-refractivity contribution is 5.91. The van der Waals surface area contributed by atoms with Crippen LogP contribution < -0.4 is 5.32 Å². The highest BCUT2D eigenvalue weighted by Crippen LogP contribution is 2.33. The van der Waals surface area contributed by atoms with E-state index in [2.05, 4.69) is 44.4 Å². The molecule has 0 aliphatic carbocycles. The van der Waals surface area contributed by atoms with Crippen molar-refractivity contribution in [2.24, 2.45) is 0 Å². The van der Waals surface area contributed by atoms with Gasteiger partial charge in [-0.15, -0.1) is 5.10 Å². The zero-order chi connectivity index (χ0) is 19.8. The molecule has 8 nitrogen and oxygen atoms in total. The van der Waals surface area contributed by atoms with E-state index in [4.69, 9.17) is 4.74 Å². The van der Waals surface area contributed by atoms with Crippen molar-refractivity contribution in [2.75, 3.05) is 13.2 Å². The quantitative estimate of drug-likeness (QED) is 0.558. The van der Waals surface area contributed by atoms with Crippen LogP contribution in [0.2, 0.25) is 0 Å². The van der Waals surface area contributed by atoms with E-state index in [9.17, 15) is 4.79 Å². The first-order valence-electron chi connectivity index (χ1n) is 9.83. The topological polar surface area (TPSA) is 97.2 Å². The lowest BCUT2D eigenvalue weighted by atomic mass is 9.93. The van der Waals surface area contributed by atoms with Crippen LogP contribution in [0.15, 0.2) is 36.7 Å². The molecular weight excluding hydrogens is 368 g/mol. The molecular formula is C21H22N6O2. The van der Waals surface area contributed by atoms with Crippen molar-refractivity contribution in [3.8, 4) is 0 Å². The number of ether oxygens (including phenoxy) is 1. The van der Waals surface area contributed by atoms with Crippen molar-refractivity contribution in [2.45, 2.75) is 32.2 Å². The van der Waals surface area contributed by atoms with Gasteiger partial charge in [0, 0.05) is 54.7 Å². The van der Waals surface area contributed by atoms with Crippen molar-refractivity contribution < 1.29 is 9.53 Å². The Balaban J connectivity index is 1.33. The summed E-state index contributed by atoms with van der Waals surface area (Å²) < 4.78 is 6.98. The van der Waals surface area contributed by atoms with Crippen molar-refractivity contribution in [1.29, 1.82) is 0 Å². The number of nitrogens with zero attached hydrogens (tertiary/aromatic N) is 4. The summed E-state index contributed by atoms with van der Waals surface area (Å²) in [4.78, 5) is 24.3. The highest BCUT2D eigenvalue weighted by atomic mass is 16.5. The zero-order valence-corrected chi connectivity index (χ0v) is 16.2. The fourth-order valence-corrected chi connectivity index (χ4v) is 3.99. The highest BCUT2D eigenvalue weighted by Gasteiger charge is 2.21. The minimum Gasteiger partial charge on any atom is -0.381 e. The zero-order valence-electron chi connectivity index (χ0n) is 16.2. The molecule has 0 radical (unpaired) electrons. The molecule has 1 aliphatic rings. The molecule has 148 valence electrons. The third kappa shape index (κ3) is 3.36. The number of aromatic amines is 1. The van der Waals surface area contributed by atoms with Gasteiger partial charge in [0.2, 0.25) is 5.82 Å². The van der Waals surface area contributed by atoms with Gasteiger partial charge in [0.1, 0.15) is 0 Å². The van der Waals surface area contributed by atoms with Crippen molar-refractivity contribution >= 4 is 22.6 Å². The second-order valence-corrected chi connectivity index (χ2v) is 7.41. The summed E-state index contributed by atoms with van der Waals surface area (Å²) in [5.41, 5.74) is 4.76. The van der Waals surface area contributed by atoms with Crippen LogP contribution in [-0.4, -0.2) is 43.7 Å². The van der Waals surface area contributed by atoms with E-state index in [0.717, 1.165) is 37.1 Å². The monoisotopic (exact) mass is 390 g/mol. The van der Waals surface area contributed by atoms with E-state index in [1.807, 2.05) is 6.07 Å². The number of benzene rings is 1. The average molecular weight is 390 g/mol. The van der Waals surface area contributed by atoms with Gasteiger partial charge in [-0.05, 0) is 49.1 Å². The fourth-order valence-electron chi connectivity index (χ4n) is 3.99. The summed E-state index contributed by atoms with van der Waals surface area (Å²) in [7, 11) is 0. The molecule has 8 heteroatoms. The number of hydrogen-bond donors (Lipinski definition) is 2. The molecule has 1 amide bonds. The van der Waals surface area contributed by atoms with Gasteiger partial charge in [-0.3, -0.25) is 4.79 Å². The van der Waals surface area contributed by atoms with Crippen molar-refractivity contribution in [1.82, 2.24) is 29.9 Å². The molecule has 29 heavy (non-hydrogen) atoms. The number of aromatic nitrogens is 5. The van der Waals surface area contributed by atoms with Gasteiger partial charge < -0.3 is 15.0 Å². The summed E-state index contributed by atoms with van der Waals surface area (Å²) in [6.07, 6.45) is 5.44. The Kier molecular flexibility index (Phi) is 4.48. The van der Waals surface area contributed by atoms with Crippen LogP contribution in [0.3, 0.4) is 0 Å². The van der Waals surface area contributed by atoms with Gasteiger partial charge >= 0.3 is 0 Å². The van der Waals surface area contributed by atoms with E-state index < -0.39 is 0 Å². The maximum absolute atomic E-state index is 12.4. The molecule has 0 bridgehead atoms. The number of hydrogen-bond acceptors (Lipinski definition) is 5. The second-order valence-electron chi connectivity index (χ2n) is 7.41. The summed E-state index contributed by atoms with van der Waals surface area (Å²) >= 11 is 0. The minimum absolute atomic E-state index is 0.115. The minimum atomic E-state index is -0.315. The third-order valence-electron chi connectivity index (χ3n) is 5.56. The molecule has 0 spiro atoms. The second kappa shape index (κ2) is 7.29. The summed E-state index contributed by atoms with van der Waals surface area (Å²) in [6.45, 7) is 4.22. The van der Waals surface area contributed by atoms with Gasteiger partial charge in [0.15, 0.2) is 0 Å².